The van der Waals surface area contributed by atoms with E-state index in [0.717, 1.165) is 0 Å². The second-order valence-corrected chi connectivity index (χ2v) is 5.64. The number of rotatable bonds is 7. The van der Waals surface area contributed by atoms with Crippen molar-refractivity contribution in [1.29, 1.82) is 5.26 Å². The highest BCUT2D eigenvalue weighted by Gasteiger charge is 2.19. The van der Waals surface area contributed by atoms with Gasteiger partial charge in [0.2, 0.25) is 0 Å². The minimum Gasteiger partial charge on any atom is -0.493 e. The van der Waals surface area contributed by atoms with Crippen LogP contribution in [0.5, 0.6) is 11.5 Å². The van der Waals surface area contributed by atoms with Crippen molar-refractivity contribution in [2.24, 2.45) is 0 Å². The van der Waals surface area contributed by atoms with Gasteiger partial charge >= 0.3 is 5.97 Å². The molecule has 0 saturated heterocycles. The summed E-state index contributed by atoms with van der Waals surface area (Å²) >= 11 is 0. The molecule has 1 amide bonds. The molecule has 2 aromatic rings. The van der Waals surface area contributed by atoms with Gasteiger partial charge in [-0.1, -0.05) is 18.2 Å². The number of methoxy groups -OCH3 is 2. The van der Waals surface area contributed by atoms with Gasteiger partial charge in [0.05, 0.1) is 31.9 Å². The van der Waals surface area contributed by atoms with Crippen LogP contribution in [0.25, 0.3) is 0 Å². The number of hydrogen-bond acceptors (Lipinski definition) is 6. The van der Waals surface area contributed by atoms with E-state index >= 15 is 0 Å². The molecule has 0 saturated carbocycles. The van der Waals surface area contributed by atoms with Crippen molar-refractivity contribution in [1.82, 2.24) is 0 Å². The Morgan fingerprint density at radius 3 is 2.48 bits per heavy atom. The maximum absolute atomic E-state index is 12.2. The fraction of sp³-hybridized carbons (Fsp3) is 0.250. The van der Waals surface area contributed by atoms with Gasteiger partial charge in [0, 0.05) is 0 Å². The lowest BCUT2D eigenvalue weighted by Crippen LogP contribution is -2.30. The number of amides is 1. The average Bonchev–Trinajstić information content (AvgIpc) is 2.68. The summed E-state index contributed by atoms with van der Waals surface area (Å²) in [6, 6.07) is 13.7. The molecule has 0 aromatic heterocycles. The number of ether oxygens (including phenoxy) is 3. The zero-order chi connectivity index (χ0) is 19.8. The number of benzene rings is 2. The van der Waals surface area contributed by atoms with Crippen LogP contribution >= 0.6 is 0 Å². The molecule has 140 valence electrons. The van der Waals surface area contributed by atoms with E-state index in [1.54, 1.807) is 42.5 Å². The summed E-state index contributed by atoms with van der Waals surface area (Å²) in [6.07, 6.45) is -1.03. The maximum Gasteiger partial charge on any atom is 0.311 e. The molecular formula is C20H20N2O5. The van der Waals surface area contributed by atoms with Crippen molar-refractivity contribution in [3.63, 3.8) is 0 Å². The first-order chi connectivity index (χ1) is 13.0. The zero-order valence-electron chi connectivity index (χ0n) is 15.3. The second-order valence-electron chi connectivity index (χ2n) is 5.64. The highest BCUT2D eigenvalue weighted by atomic mass is 16.5. The van der Waals surface area contributed by atoms with Crippen LogP contribution in [0.15, 0.2) is 42.5 Å². The molecule has 27 heavy (non-hydrogen) atoms. The molecule has 0 aliphatic carbocycles. The topological polar surface area (TPSA) is 97.6 Å². The lowest BCUT2D eigenvalue weighted by atomic mass is 10.1. The predicted molar refractivity (Wildman–Crippen MR) is 98.6 cm³/mol. The Balaban J connectivity index is 1.97. The number of esters is 1. The number of carbonyl (C=O) groups excluding carboxylic acids is 2. The minimum absolute atomic E-state index is 0.0211. The highest BCUT2D eigenvalue weighted by molar-refractivity contribution is 5.96. The van der Waals surface area contributed by atoms with Crippen molar-refractivity contribution in [3.05, 3.63) is 53.6 Å². The first-order valence-corrected chi connectivity index (χ1v) is 8.18. The number of carbonyl (C=O) groups is 2. The Kier molecular flexibility index (Phi) is 6.78. The Bertz CT molecular complexity index is 873. The SMILES string of the molecule is COc1ccc(CC(=O)O[C@H](C)C(=O)Nc2ccccc2C#N)cc1OC. The Hall–Kier alpha value is -3.53. The van der Waals surface area contributed by atoms with Gasteiger partial charge in [-0.2, -0.15) is 5.26 Å². The average molecular weight is 368 g/mol. The summed E-state index contributed by atoms with van der Waals surface area (Å²) in [5.41, 5.74) is 1.36. The van der Waals surface area contributed by atoms with Crippen LogP contribution in [-0.2, 0) is 20.7 Å². The molecule has 2 aromatic carbocycles. The zero-order valence-corrected chi connectivity index (χ0v) is 15.3. The van der Waals surface area contributed by atoms with Gasteiger partial charge in [0.15, 0.2) is 17.6 Å². The molecule has 2 rings (SSSR count). The number of para-hydroxylation sites is 1. The monoisotopic (exact) mass is 368 g/mol. The molecule has 0 bridgehead atoms. The third-order valence-electron chi connectivity index (χ3n) is 3.78. The molecule has 0 aliphatic heterocycles. The predicted octanol–water partition coefficient (Wildman–Crippen LogP) is 2.69. The molecule has 0 unspecified atom stereocenters. The van der Waals surface area contributed by atoms with Crippen molar-refractivity contribution in [2.45, 2.75) is 19.4 Å². The van der Waals surface area contributed by atoms with Crippen molar-refractivity contribution >= 4 is 17.6 Å². The third-order valence-corrected chi connectivity index (χ3v) is 3.78. The van der Waals surface area contributed by atoms with Gasteiger partial charge in [-0.15, -0.1) is 0 Å². The molecule has 7 nitrogen and oxygen atoms in total. The Morgan fingerprint density at radius 1 is 1.11 bits per heavy atom. The number of hydrogen-bond donors (Lipinski definition) is 1. The van der Waals surface area contributed by atoms with E-state index in [9.17, 15) is 9.59 Å². The van der Waals surface area contributed by atoms with Crippen LogP contribution in [0, 0.1) is 11.3 Å². The van der Waals surface area contributed by atoms with Crippen molar-refractivity contribution in [3.8, 4) is 17.6 Å². The van der Waals surface area contributed by atoms with Gasteiger partial charge in [-0.25, -0.2) is 0 Å². The van der Waals surface area contributed by atoms with Crippen molar-refractivity contribution in [2.75, 3.05) is 19.5 Å². The van der Waals surface area contributed by atoms with Crippen LogP contribution in [-0.4, -0.2) is 32.2 Å². The number of nitrogens with zero attached hydrogens (tertiary/aromatic N) is 1. The number of nitrogens with one attached hydrogen (secondary N) is 1. The Labute approximate surface area is 157 Å². The standard InChI is InChI=1S/C20H20N2O5/c1-13(20(24)22-16-7-5-4-6-15(16)12-21)27-19(23)11-14-8-9-17(25-2)18(10-14)26-3/h4-10,13H,11H2,1-3H3,(H,22,24)/t13-/m1/s1. The van der Waals surface area contributed by atoms with Crippen LogP contribution in [0.4, 0.5) is 5.69 Å². The maximum atomic E-state index is 12.2. The summed E-state index contributed by atoms with van der Waals surface area (Å²) in [5.74, 6) is -0.0166. The second kappa shape index (κ2) is 9.25. The summed E-state index contributed by atoms with van der Waals surface area (Å²) < 4.78 is 15.5. The van der Waals surface area contributed by atoms with E-state index in [0.29, 0.717) is 28.3 Å². The minimum atomic E-state index is -1.01. The van der Waals surface area contributed by atoms with Gasteiger partial charge in [0.25, 0.3) is 5.91 Å². The molecule has 0 radical (unpaired) electrons. The largest absolute Gasteiger partial charge is 0.493 e. The summed E-state index contributed by atoms with van der Waals surface area (Å²) in [7, 11) is 3.03. The summed E-state index contributed by atoms with van der Waals surface area (Å²) in [4.78, 5) is 24.3. The molecule has 0 fully saturated rings. The molecule has 1 atom stereocenters. The van der Waals surface area contributed by atoms with Gasteiger partial charge in [-0.05, 0) is 36.8 Å². The summed E-state index contributed by atoms with van der Waals surface area (Å²) in [5, 5.41) is 11.6. The normalized spacial score (nSPS) is 11.0. The fourth-order valence-corrected chi connectivity index (χ4v) is 2.37. The van der Waals surface area contributed by atoms with Crippen molar-refractivity contribution < 1.29 is 23.8 Å². The quantitative estimate of drug-likeness (QED) is 0.755. The molecule has 0 heterocycles. The summed E-state index contributed by atoms with van der Waals surface area (Å²) in [6.45, 7) is 1.47. The lowest BCUT2D eigenvalue weighted by molar-refractivity contribution is -0.152. The lowest BCUT2D eigenvalue weighted by Gasteiger charge is -2.14. The Morgan fingerprint density at radius 2 is 1.81 bits per heavy atom. The smallest absolute Gasteiger partial charge is 0.311 e. The third kappa shape index (κ3) is 5.22. The van der Waals surface area contributed by atoms with Gasteiger partial charge < -0.3 is 19.5 Å². The van der Waals surface area contributed by atoms with E-state index in [1.807, 2.05) is 6.07 Å². The van der Waals surface area contributed by atoms with Crippen LogP contribution in [0.2, 0.25) is 0 Å². The number of nitriles is 1. The first-order valence-electron chi connectivity index (χ1n) is 8.18. The molecule has 7 heteroatoms. The van der Waals surface area contributed by atoms with Crippen LogP contribution < -0.4 is 14.8 Å². The fourth-order valence-electron chi connectivity index (χ4n) is 2.37. The molecule has 0 spiro atoms. The van der Waals surface area contributed by atoms with E-state index in [2.05, 4.69) is 5.32 Å². The van der Waals surface area contributed by atoms with E-state index in [-0.39, 0.29) is 6.42 Å². The number of anilines is 1. The van der Waals surface area contributed by atoms with Crippen LogP contribution in [0.1, 0.15) is 18.1 Å². The highest BCUT2D eigenvalue weighted by Crippen LogP contribution is 2.27. The molecular weight excluding hydrogens is 348 g/mol. The molecule has 1 N–H and O–H groups in total. The first kappa shape index (κ1) is 19.8. The van der Waals surface area contributed by atoms with Gasteiger partial charge in [0.1, 0.15) is 6.07 Å². The van der Waals surface area contributed by atoms with E-state index in [4.69, 9.17) is 19.5 Å². The molecule has 0 aliphatic rings. The van der Waals surface area contributed by atoms with E-state index in [1.165, 1.54) is 21.1 Å². The van der Waals surface area contributed by atoms with E-state index < -0.39 is 18.0 Å². The van der Waals surface area contributed by atoms with Gasteiger partial charge in [-0.3, -0.25) is 9.59 Å². The van der Waals surface area contributed by atoms with Crippen LogP contribution in [0.3, 0.4) is 0 Å².